The van der Waals surface area contributed by atoms with E-state index in [4.69, 9.17) is 0 Å². The lowest BCUT2D eigenvalue weighted by Gasteiger charge is -2.32. The van der Waals surface area contributed by atoms with Gasteiger partial charge in [-0.3, -0.25) is 9.59 Å². The molecule has 0 spiro atoms. The Hall–Kier alpha value is -3.19. The SMILES string of the molecule is CC1CCN(c2ccc(NC(=O)c3csc(NC(=O)Cc4ccccc4)n3)cc2)CC1. The van der Waals surface area contributed by atoms with E-state index in [0.717, 1.165) is 30.3 Å². The molecule has 1 aromatic heterocycles. The number of aromatic nitrogens is 1. The zero-order chi connectivity index (χ0) is 21.6. The topological polar surface area (TPSA) is 74.3 Å². The van der Waals surface area contributed by atoms with Gasteiger partial charge in [-0.1, -0.05) is 37.3 Å². The van der Waals surface area contributed by atoms with Crippen LogP contribution in [-0.4, -0.2) is 29.9 Å². The van der Waals surface area contributed by atoms with Gasteiger partial charge in [-0.15, -0.1) is 11.3 Å². The van der Waals surface area contributed by atoms with Gasteiger partial charge in [0.2, 0.25) is 5.91 Å². The lowest BCUT2D eigenvalue weighted by atomic mass is 9.99. The average Bonchev–Trinajstić information content (AvgIpc) is 3.24. The first-order chi connectivity index (χ1) is 15.1. The molecular formula is C24H26N4O2S. The highest BCUT2D eigenvalue weighted by atomic mass is 32.1. The molecular weight excluding hydrogens is 408 g/mol. The molecule has 7 heteroatoms. The molecule has 1 aliphatic heterocycles. The fourth-order valence-electron chi connectivity index (χ4n) is 3.60. The number of hydrogen-bond donors (Lipinski definition) is 2. The third kappa shape index (κ3) is 5.70. The summed E-state index contributed by atoms with van der Waals surface area (Å²) in [5.74, 6) is 0.343. The number of hydrogen-bond acceptors (Lipinski definition) is 5. The quantitative estimate of drug-likeness (QED) is 0.584. The lowest BCUT2D eigenvalue weighted by molar-refractivity contribution is -0.115. The third-order valence-corrected chi connectivity index (χ3v) is 6.22. The van der Waals surface area contributed by atoms with E-state index in [0.29, 0.717) is 5.13 Å². The first-order valence-electron chi connectivity index (χ1n) is 10.5. The molecule has 4 rings (SSSR count). The summed E-state index contributed by atoms with van der Waals surface area (Å²) in [5, 5.41) is 7.70. The number of amides is 2. The summed E-state index contributed by atoms with van der Waals surface area (Å²) in [6, 6.07) is 17.4. The molecule has 1 aliphatic rings. The van der Waals surface area contributed by atoms with Crippen LogP contribution in [-0.2, 0) is 11.2 Å². The van der Waals surface area contributed by atoms with Crippen molar-refractivity contribution in [3.8, 4) is 0 Å². The largest absolute Gasteiger partial charge is 0.372 e. The van der Waals surface area contributed by atoms with Gasteiger partial charge in [0.25, 0.3) is 5.91 Å². The Morgan fingerprint density at radius 1 is 1.03 bits per heavy atom. The number of nitrogens with one attached hydrogen (secondary N) is 2. The number of thiazole rings is 1. The van der Waals surface area contributed by atoms with Crippen molar-refractivity contribution in [2.75, 3.05) is 28.6 Å². The van der Waals surface area contributed by atoms with Crippen LogP contribution in [0, 0.1) is 5.92 Å². The van der Waals surface area contributed by atoms with Crippen LogP contribution in [0.3, 0.4) is 0 Å². The number of nitrogens with zero attached hydrogens (tertiary/aromatic N) is 2. The van der Waals surface area contributed by atoms with Gasteiger partial charge in [0, 0.05) is 29.8 Å². The minimum Gasteiger partial charge on any atom is -0.372 e. The minimum absolute atomic E-state index is 0.157. The van der Waals surface area contributed by atoms with Gasteiger partial charge in [-0.2, -0.15) is 0 Å². The first-order valence-corrected chi connectivity index (χ1v) is 11.4. The van der Waals surface area contributed by atoms with Crippen LogP contribution in [0.4, 0.5) is 16.5 Å². The number of carbonyl (C=O) groups excluding carboxylic acids is 2. The third-order valence-electron chi connectivity index (χ3n) is 5.46. The van der Waals surface area contributed by atoms with Crippen LogP contribution >= 0.6 is 11.3 Å². The van der Waals surface area contributed by atoms with Gasteiger partial charge in [-0.25, -0.2) is 4.98 Å². The van der Waals surface area contributed by atoms with E-state index in [2.05, 4.69) is 27.4 Å². The predicted molar refractivity (Wildman–Crippen MR) is 126 cm³/mol. The first kappa shape index (κ1) is 21.1. The van der Waals surface area contributed by atoms with Gasteiger partial charge in [0.15, 0.2) is 5.13 Å². The van der Waals surface area contributed by atoms with E-state index >= 15 is 0 Å². The van der Waals surface area contributed by atoms with Crippen LogP contribution < -0.4 is 15.5 Å². The zero-order valence-electron chi connectivity index (χ0n) is 17.5. The van der Waals surface area contributed by atoms with Crippen molar-refractivity contribution in [3.63, 3.8) is 0 Å². The van der Waals surface area contributed by atoms with Crippen molar-refractivity contribution in [1.82, 2.24) is 4.98 Å². The van der Waals surface area contributed by atoms with Crippen LogP contribution in [0.15, 0.2) is 60.0 Å². The Morgan fingerprint density at radius 3 is 2.45 bits per heavy atom. The van der Waals surface area contributed by atoms with Crippen molar-refractivity contribution >= 4 is 39.7 Å². The summed E-state index contributed by atoms with van der Waals surface area (Å²) >= 11 is 1.24. The summed E-state index contributed by atoms with van der Waals surface area (Å²) in [7, 11) is 0. The van der Waals surface area contributed by atoms with E-state index in [-0.39, 0.29) is 23.9 Å². The maximum Gasteiger partial charge on any atom is 0.275 e. The van der Waals surface area contributed by atoms with Crippen molar-refractivity contribution in [3.05, 3.63) is 71.2 Å². The van der Waals surface area contributed by atoms with Crippen molar-refractivity contribution in [2.45, 2.75) is 26.2 Å². The molecule has 0 unspecified atom stereocenters. The molecule has 0 atom stereocenters. The summed E-state index contributed by atoms with van der Waals surface area (Å²) in [5.41, 5.74) is 3.12. The highest BCUT2D eigenvalue weighted by Gasteiger charge is 2.17. The molecule has 2 amide bonds. The number of carbonyl (C=O) groups is 2. The van der Waals surface area contributed by atoms with Crippen LogP contribution in [0.5, 0.6) is 0 Å². The fraction of sp³-hybridized carbons (Fsp3) is 0.292. The monoisotopic (exact) mass is 434 g/mol. The molecule has 2 heterocycles. The second kappa shape index (κ2) is 9.75. The predicted octanol–water partition coefficient (Wildman–Crippen LogP) is 4.81. The number of anilines is 3. The minimum atomic E-state index is -0.292. The Balaban J connectivity index is 1.31. The molecule has 6 nitrogen and oxygen atoms in total. The lowest BCUT2D eigenvalue weighted by Crippen LogP contribution is -2.32. The van der Waals surface area contributed by atoms with Crippen LogP contribution in [0.1, 0.15) is 35.8 Å². The highest BCUT2D eigenvalue weighted by molar-refractivity contribution is 7.14. The Bertz CT molecular complexity index is 1030. The van der Waals surface area contributed by atoms with Gasteiger partial charge >= 0.3 is 0 Å². The molecule has 3 aromatic rings. The molecule has 0 radical (unpaired) electrons. The molecule has 2 N–H and O–H groups in total. The molecule has 2 aromatic carbocycles. The molecule has 160 valence electrons. The van der Waals surface area contributed by atoms with E-state index < -0.39 is 0 Å². The highest BCUT2D eigenvalue weighted by Crippen LogP contribution is 2.24. The van der Waals surface area contributed by atoms with E-state index in [1.807, 2.05) is 54.6 Å². The van der Waals surface area contributed by atoms with Gasteiger partial charge < -0.3 is 15.5 Å². The van der Waals surface area contributed by atoms with Crippen LogP contribution in [0.2, 0.25) is 0 Å². The Labute approximate surface area is 186 Å². The van der Waals surface area contributed by atoms with E-state index in [1.54, 1.807) is 5.38 Å². The number of piperidine rings is 1. The zero-order valence-corrected chi connectivity index (χ0v) is 18.3. The fourth-order valence-corrected chi connectivity index (χ4v) is 4.30. The summed E-state index contributed by atoms with van der Waals surface area (Å²) in [6.45, 7) is 4.45. The van der Waals surface area contributed by atoms with Crippen molar-refractivity contribution in [2.24, 2.45) is 5.92 Å². The van der Waals surface area contributed by atoms with Gasteiger partial charge in [-0.05, 0) is 48.6 Å². The van der Waals surface area contributed by atoms with E-state index in [9.17, 15) is 9.59 Å². The van der Waals surface area contributed by atoms with Crippen LogP contribution in [0.25, 0.3) is 0 Å². The van der Waals surface area contributed by atoms with Crippen molar-refractivity contribution in [1.29, 1.82) is 0 Å². The Morgan fingerprint density at radius 2 is 1.74 bits per heavy atom. The second-order valence-corrected chi connectivity index (χ2v) is 8.78. The average molecular weight is 435 g/mol. The molecule has 0 aliphatic carbocycles. The maximum absolute atomic E-state index is 12.5. The molecule has 31 heavy (non-hydrogen) atoms. The summed E-state index contributed by atoms with van der Waals surface area (Å²) in [6.07, 6.45) is 2.70. The summed E-state index contributed by atoms with van der Waals surface area (Å²) < 4.78 is 0. The standard InChI is InChI=1S/C24H26N4O2S/c1-17-11-13-28(14-12-17)20-9-7-19(8-10-20)25-23(30)21-16-31-24(26-21)27-22(29)15-18-5-3-2-4-6-18/h2-10,16-17H,11-15H2,1H3,(H,25,30)(H,26,27,29). The molecule has 0 saturated carbocycles. The maximum atomic E-state index is 12.5. The molecule has 1 saturated heterocycles. The van der Waals surface area contributed by atoms with E-state index in [1.165, 1.54) is 29.9 Å². The summed E-state index contributed by atoms with van der Waals surface area (Å²) in [4.78, 5) is 31.4. The number of benzene rings is 2. The molecule has 1 fully saturated rings. The second-order valence-electron chi connectivity index (χ2n) is 7.92. The number of rotatable bonds is 6. The Kier molecular flexibility index (Phi) is 6.62. The smallest absolute Gasteiger partial charge is 0.275 e. The van der Waals surface area contributed by atoms with Crippen molar-refractivity contribution < 1.29 is 9.59 Å². The van der Waals surface area contributed by atoms with Gasteiger partial charge in [0.1, 0.15) is 5.69 Å². The molecule has 0 bridgehead atoms. The normalized spacial score (nSPS) is 14.3. The van der Waals surface area contributed by atoms with Gasteiger partial charge in [0.05, 0.1) is 6.42 Å².